The van der Waals surface area contributed by atoms with Gasteiger partial charge >= 0.3 is 0 Å². The smallest absolute Gasteiger partial charge is 0.255 e. The third kappa shape index (κ3) is 2.56. The van der Waals surface area contributed by atoms with E-state index in [1.807, 2.05) is 42.5 Å². The van der Waals surface area contributed by atoms with Crippen LogP contribution in [0.3, 0.4) is 0 Å². The van der Waals surface area contributed by atoms with E-state index in [0.717, 1.165) is 16.5 Å². The Bertz CT molecular complexity index is 876. The van der Waals surface area contributed by atoms with Crippen molar-refractivity contribution in [3.63, 3.8) is 0 Å². The van der Waals surface area contributed by atoms with Crippen molar-refractivity contribution in [2.24, 2.45) is 7.05 Å². The Hall–Kier alpha value is -2.88. The molecule has 0 aliphatic carbocycles. The standard InChI is InChI=1S/C17H14N2O2/c1-19-10-9-13(11-16(19)20)17(21)18-15-8-4-6-12-5-2-3-7-14(12)15/h2-11H,1H3,(H,18,21). The maximum Gasteiger partial charge on any atom is 0.255 e. The Balaban J connectivity index is 1.96. The third-order valence-electron chi connectivity index (χ3n) is 3.40. The number of carbonyl (C=O) groups is 1. The minimum absolute atomic E-state index is 0.208. The zero-order valence-electron chi connectivity index (χ0n) is 11.5. The van der Waals surface area contributed by atoms with Crippen molar-refractivity contribution < 1.29 is 4.79 Å². The summed E-state index contributed by atoms with van der Waals surface area (Å²) < 4.78 is 1.43. The molecule has 0 saturated heterocycles. The van der Waals surface area contributed by atoms with Gasteiger partial charge in [0.05, 0.1) is 0 Å². The summed E-state index contributed by atoms with van der Waals surface area (Å²) in [5, 5.41) is 4.89. The summed E-state index contributed by atoms with van der Waals surface area (Å²) in [6.45, 7) is 0. The van der Waals surface area contributed by atoms with E-state index in [1.54, 1.807) is 19.3 Å². The fraction of sp³-hybridized carbons (Fsp3) is 0.0588. The average molecular weight is 278 g/mol. The highest BCUT2D eigenvalue weighted by Gasteiger charge is 2.09. The van der Waals surface area contributed by atoms with E-state index >= 15 is 0 Å². The molecule has 1 aromatic heterocycles. The first-order valence-electron chi connectivity index (χ1n) is 6.61. The van der Waals surface area contributed by atoms with Crippen molar-refractivity contribution in [3.05, 3.63) is 76.7 Å². The summed E-state index contributed by atoms with van der Waals surface area (Å²) in [4.78, 5) is 23.9. The number of anilines is 1. The highest BCUT2D eigenvalue weighted by Crippen LogP contribution is 2.23. The topological polar surface area (TPSA) is 51.1 Å². The van der Waals surface area contributed by atoms with Gasteiger partial charge in [0.15, 0.2) is 0 Å². The number of nitrogens with one attached hydrogen (secondary N) is 1. The lowest BCUT2D eigenvalue weighted by molar-refractivity contribution is 0.102. The molecule has 4 nitrogen and oxygen atoms in total. The normalized spacial score (nSPS) is 10.5. The molecule has 21 heavy (non-hydrogen) atoms. The molecule has 4 heteroatoms. The number of pyridine rings is 1. The summed E-state index contributed by atoms with van der Waals surface area (Å²) in [6, 6.07) is 16.5. The van der Waals surface area contributed by atoms with Crippen LogP contribution in [0.15, 0.2) is 65.6 Å². The first-order chi connectivity index (χ1) is 10.1. The van der Waals surface area contributed by atoms with Crippen LogP contribution in [0.25, 0.3) is 10.8 Å². The first kappa shape index (κ1) is 13.1. The van der Waals surface area contributed by atoms with Crippen LogP contribution < -0.4 is 10.9 Å². The maximum atomic E-state index is 12.3. The zero-order valence-corrected chi connectivity index (χ0v) is 11.5. The van der Waals surface area contributed by atoms with E-state index in [1.165, 1.54) is 10.6 Å². The van der Waals surface area contributed by atoms with Crippen molar-refractivity contribution >= 4 is 22.4 Å². The monoisotopic (exact) mass is 278 g/mol. The molecule has 0 radical (unpaired) electrons. The summed E-state index contributed by atoms with van der Waals surface area (Å²) in [5.74, 6) is -0.288. The molecule has 0 saturated carbocycles. The SMILES string of the molecule is Cn1ccc(C(=O)Nc2cccc3ccccc23)cc1=O. The van der Waals surface area contributed by atoms with Crippen molar-refractivity contribution in [2.45, 2.75) is 0 Å². The number of aromatic nitrogens is 1. The van der Waals surface area contributed by atoms with Crippen molar-refractivity contribution in [1.29, 1.82) is 0 Å². The van der Waals surface area contributed by atoms with Gasteiger partial charge in [0.1, 0.15) is 0 Å². The van der Waals surface area contributed by atoms with E-state index in [2.05, 4.69) is 5.32 Å². The third-order valence-corrected chi connectivity index (χ3v) is 3.40. The van der Waals surface area contributed by atoms with Crippen LogP contribution in [0.2, 0.25) is 0 Å². The maximum absolute atomic E-state index is 12.3. The number of fused-ring (bicyclic) bond motifs is 1. The molecular weight excluding hydrogens is 264 g/mol. The number of nitrogens with zero attached hydrogens (tertiary/aromatic N) is 1. The van der Waals surface area contributed by atoms with E-state index in [4.69, 9.17) is 0 Å². The van der Waals surface area contributed by atoms with Gasteiger partial charge in [0.25, 0.3) is 11.5 Å². The Morgan fingerprint density at radius 3 is 2.62 bits per heavy atom. The molecular formula is C17H14N2O2. The Kier molecular flexibility index (Phi) is 3.28. The summed E-state index contributed by atoms with van der Waals surface area (Å²) in [5.41, 5.74) is 0.880. The van der Waals surface area contributed by atoms with Crippen molar-refractivity contribution in [2.75, 3.05) is 5.32 Å². The number of rotatable bonds is 2. The van der Waals surface area contributed by atoms with E-state index in [9.17, 15) is 9.59 Å². The van der Waals surface area contributed by atoms with Crippen LogP contribution >= 0.6 is 0 Å². The molecule has 0 aliphatic heterocycles. The lowest BCUT2D eigenvalue weighted by atomic mass is 10.1. The molecule has 3 rings (SSSR count). The quantitative estimate of drug-likeness (QED) is 0.783. The molecule has 0 atom stereocenters. The Morgan fingerprint density at radius 2 is 1.81 bits per heavy atom. The fourth-order valence-electron chi connectivity index (χ4n) is 2.22. The number of hydrogen-bond acceptors (Lipinski definition) is 2. The molecule has 0 bridgehead atoms. The van der Waals surface area contributed by atoms with Crippen LogP contribution in [0.5, 0.6) is 0 Å². The van der Waals surface area contributed by atoms with E-state index in [-0.39, 0.29) is 11.5 Å². The fourth-order valence-corrected chi connectivity index (χ4v) is 2.22. The molecule has 1 N–H and O–H groups in total. The van der Waals surface area contributed by atoms with Crippen molar-refractivity contribution in [3.8, 4) is 0 Å². The lowest BCUT2D eigenvalue weighted by Crippen LogP contribution is -2.20. The van der Waals surface area contributed by atoms with E-state index < -0.39 is 0 Å². The molecule has 1 amide bonds. The second-order valence-electron chi connectivity index (χ2n) is 4.85. The molecule has 104 valence electrons. The van der Waals surface area contributed by atoms with Gasteiger partial charge in [-0.2, -0.15) is 0 Å². The number of amides is 1. The van der Waals surface area contributed by atoms with Crippen LogP contribution in [-0.4, -0.2) is 10.5 Å². The van der Waals surface area contributed by atoms with Gasteiger partial charge in [-0.1, -0.05) is 36.4 Å². The van der Waals surface area contributed by atoms with Gasteiger partial charge < -0.3 is 9.88 Å². The predicted molar refractivity (Wildman–Crippen MR) is 83.6 cm³/mol. The number of aryl methyl sites for hydroxylation is 1. The van der Waals surface area contributed by atoms with Gasteiger partial charge in [-0.15, -0.1) is 0 Å². The van der Waals surface area contributed by atoms with Gasteiger partial charge in [-0.05, 0) is 17.5 Å². The highest BCUT2D eigenvalue weighted by atomic mass is 16.2. The lowest BCUT2D eigenvalue weighted by Gasteiger charge is -2.09. The number of carbonyl (C=O) groups excluding carboxylic acids is 1. The highest BCUT2D eigenvalue weighted by molar-refractivity contribution is 6.09. The summed E-state index contributed by atoms with van der Waals surface area (Å²) in [6.07, 6.45) is 1.58. The van der Waals surface area contributed by atoms with Gasteiger partial charge in [-0.25, -0.2) is 0 Å². The average Bonchev–Trinajstić information content (AvgIpc) is 2.50. The zero-order chi connectivity index (χ0) is 14.8. The largest absolute Gasteiger partial charge is 0.321 e. The minimum atomic E-state index is -0.288. The molecule has 0 unspecified atom stereocenters. The number of benzene rings is 2. The second kappa shape index (κ2) is 5.25. The second-order valence-corrected chi connectivity index (χ2v) is 4.85. The number of hydrogen-bond donors (Lipinski definition) is 1. The van der Waals surface area contributed by atoms with Crippen LogP contribution in [0, 0.1) is 0 Å². The molecule has 1 heterocycles. The van der Waals surface area contributed by atoms with Crippen LogP contribution in [0.4, 0.5) is 5.69 Å². The molecule has 0 spiro atoms. The minimum Gasteiger partial charge on any atom is -0.321 e. The predicted octanol–water partition coefficient (Wildman–Crippen LogP) is 2.79. The summed E-state index contributed by atoms with van der Waals surface area (Å²) >= 11 is 0. The van der Waals surface area contributed by atoms with Crippen molar-refractivity contribution in [1.82, 2.24) is 4.57 Å². The molecule has 0 aliphatic rings. The van der Waals surface area contributed by atoms with Gasteiger partial charge in [-0.3, -0.25) is 9.59 Å². The summed E-state index contributed by atoms with van der Waals surface area (Å²) in [7, 11) is 1.65. The van der Waals surface area contributed by atoms with Crippen LogP contribution in [0.1, 0.15) is 10.4 Å². The Morgan fingerprint density at radius 1 is 1.05 bits per heavy atom. The molecule has 2 aromatic carbocycles. The van der Waals surface area contributed by atoms with Gasteiger partial charge in [0, 0.05) is 35.9 Å². The van der Waals surface area contributed by atoms with Crippen LogP contribution in [-0.2, 0) is 7.05 Å². The molecule has 3 aromatic rings. The Labute approximate surface area is 121 Å². The van der Waals surface area contributed by atoms with Gasteiger partial charge in [0.2, 0.25) is 0 Å². The first-order valence-corrected chi connectivity index (χ1v) is 6.61. The molecule has 0 fully saturated rings. The van der Waals surface area contributed by atoms with E-state index in [0.29, 0.717) is 5.56 Å².